The predicted octanol–water partition coefficient (Wildman–Crippen LogP) is 2.42. The van der Waals surface area contributed by atoms with E-state index in [1.165, 1.54) is 5.69 Å². The number of nitrogens with zero attached hydrogens (tertiary/aromatic N) is 2. The first kappa shape index (κ1) is 13.1. The van der Waals surface area contributed by atoms with Crippen molar-refractivity contribution in [2.45, 2.75) is 0 Å². The van der Waals surface area contributed by atoms with Crippen LogP contribution in [-0.2, 0) is 4.74 Å². The predicted molar refractivity (Wildman–Crippen MR) is 81.7 cm³/mol. The Bertz CT molecular complexity index is 547. The Kier molecular flexibility index (Phi) is 3.40. The third-order valence-corrected chi connectivity index (χ3v) is 3.90. The highest BCUT2D eigenvalue weighted by Crippen LogP contribution is 2.37. The molecule has 1 saturated heterocycles. The first-order valence-corrected chi connectivity index (χ1v) is 6.87. The fraction of sp³-hybridized carbons (Fsp3) is 0.375. The van der Waals surface area contributed by atoms with Crippen LogP contribution in [0.5, 0.6) is 5.75 Å². The molecule has 0 bridgehead atoms. The molecule has 0 unspecified atom stereocenters. The molecule has 1 aromatic carbocycles. The van der Waals surface area contributed by atoms with E-state index in [2.05, 4.69) is 35.1 Å². The van der Waals surface area contributed by atoms with Gasteiger partial charge >= 0.3 is 0 Å². The van der Waals surface area contributed by atoms with Crippen LogP contribution < -0.4 is 14.5 Å². The van der Waals surface area contributed by atoms with Crippen molar-refractivity contribution in [2.75, 3.05) is 49.8 Å². The summed E-state index contributed by atoms with van der Waals surface area (Å²) in [7, 11) is 2.00. The van der Waals surface area contributed by atoms with Gasteiger partial charge in [0.1, 0.15) is 12.4 Å². The van der Waals surface area contributed by atoms with Gasteiger partial charge in [0, 0.05) is 37.1 Å². The van der Waals surface area contributed by atoms with Crippen LogP contribution in [0.2, 0.25) is 0 Å². The van der Waals surface area contributed by atoms with Crippen molar-refractivity contribution in [1.29, 1.82) is 0 Å². The van der Waals surface area contributed by atoms with Gasteiger partial charge in [0.05, 0.1) is 18.9 Å². The lowest BCUT2D eigenvalue weighted by Gasteiger charge is -2.30. The van der Waals surface area contributed by atoms with Crippen LogP contribution in [0.15, 0.2) is 42.6 Å². The van der Waals surface area contributed by atoms with E-state index < -0.39 is 0 Å². The number of hydrogen-bond donors (Lipinski definition) is 0. The van der Waals surface area contributed by atoms with Crippen molar-refractivity contribution in [3.63, 3.8) is 0 Å². The molecule has 0 amide bonds. The minimum atomic E-state index is 0.493. The van der Waals surface area contributed by atoms with E-state index in [4.69, 9.17) is 9.47 Å². The van der Waals surface area contributed by atoms with Crippen molar-refractivity contribution < 1.29 is 9.47 Å². The Labute approximate surface area is 119 Å². The number of anilines is 2. The molecule has 2 aliphatic heterocycles. The molecule has 0 atom stereocenters. The highest BCUT2D eigenvalue weighted by atomic mass is 16.5. The van der Waals surface area contributed by atoms with E-state index in [1.54, 1.807) is 0 Å². The SMILES string of the molecule is C=C1COc2ccc(N3CCOCC3)cc2N(C)C1=C. The standard InChI is InChI=1S/C16H20N2O2/c1-12-11-20-16-5-4-14(18-6-8-19-9-7-18)10-15(16)17(3)13(12)2/h4-5,10H,1-2,6-9,11H2,3H3. The topological polar surface area (TPSA) is 24.9 Å². The number of morpholine rings is 1. The van der Waals surface area contributed by atoms with Crippen LogP contribution in [0.3, 0.4) is 0 Å². The van der Waals surface area contributed by atoms with Gasteiger partial charge in [-0.3, -0.25) is 0 Å². The molecular weight excluding hydrogens is 252 g/mol. The molecular formula is C16H20N2O2. The summed E-state index contributed by atoms with van der Waals surface area (Å²) in [6.07, 6.45) is 0. The smallest absolute Gasteiger partial charge is 0.143 e. The second kappa shape index (κ2) is 5.21. The quantitative estimate of drug-likeness (QED) is 0.784. The van der Waals surface area contributed by atoms with E-state index in [1.807, 2.05) is 13.1 Å². The molecule has 1 aromatic rings. The first-order chi connectivity index (χ1) is 9.66. The van der Waals surface area contributed by atoms with Crippen LogP contribution in [0.25, 0.3) is 0 Å². The summed E-state index contributed by atoms with van der Waals surface area (Å²) in [4.78, 5) is 4.38. The Hall–Kier alpha value is -1.94. The Balaban J connectivity index is 1.95. The molecule has 3 rings (SSSR count). The largest absolute Gasteiger partial charge is 0.487 e. The normalized spacial score (nSPS) is 19.4. The summed E-state index contributed by atoms with van der Waals surface area (Å²) in [6, 6.07) is 6.29. The molecule has 4 heteroatoms. The second-order valence-corrected chi connectivity index (χ2v) is 5.15. The molecule has 2 aliphatic rings. The number of rotatable bonds is 1. The number of fused-ring (bicyclic) bond motifs is 1. The number of hydrogen-bond acceptors (Lipinski definition) is 4. The van der Waals surface area contributed by atoms with Gasteiger partial charge in [-0.05, 0) is 18.2 Å². The summed E-state index contributed by atoms with van der Waals surface area (Å²) in [5.41, 5.74) is 4.06. The molecule has 0 aromatic heterocycles. The molecule has 20 heavy (non-hydrogen) atoms. The summed E-state index contributed by atoms with van der Waals surface area (Å²) >= 11 is 0. The van der Waals surface area contributed by atoms with Crippen molar-refractivity contribution in [3.05, 3.63) is 42.6 Å². The van der Waals surface area contributed by atoms with Crippen LogP contribution in [0.1, 0.15) is 0 Å². The third-order valence-electron chi connectivity index (χ3n) is 3.90. The van der Waals surface area contributed by atoms with Gasteiger partial charge in [0.2, 0.25) is 0 Å². The zero-order chi connectivity index (χ0) is 14.1. The van der Waals surface area contributed by atoms with Gasteiger partial charge in [0.25, 0.3) is 0 Å². The third kappa shape index (κ3) is 2.27. The number of ether oxygens (including phenoxy) is 2. The lowest BCUT2D eigenvalue weighted by atomic mass is 10.2. The average molecular weight is 272 g/mol. The molecule has 1 fully saturated rings. The van der Waals surface area contributed by atoms with Gasteiger partial charge in [-0.15, -0.1) is 0 Å². The molecule has 0 spiro atoms. The summed E-state index contributed by atoms with van der Waals surface area (Å²) in [6.45, 7) is 12.0. The van der Waals surface area contributed by atoms with Crippen LogP contribution >= 0.6 is 0 Å². The van der Waals surface area contributed by atoms with E-state index in [0.29, 0.717) is 6.61 Å². The Morgan fingerprint density at radius 3 is 2.65 bits per heavy atom. The maximum absolute atomic E-state index is 5.80. The number of likely N-dealkylation sites (N-methyl/N-ethyl adjacent to an activating group) is 1. The van der Waals surface area contributed by atoms with Crippen molar-refractivity contribution in [3.8, 4) is 5.75 Å². The number of benzene rings is 1. The first-order valence-electron chi connectivity index (χ1n) is 6.87. The molecule has 0 saturated carbocycles. The fourth-order valence-corrected chi connectivity index (χ4v) is 2.54. The minimum absolute atomic E-state index is 0.493. The van der Waals surface area contributed by atoms with Gasteiger partial charge in [-0.25, -0.2) is 0 Å². The highest BCUT2D eigenvalue weighted by molar-refractivity contribution is 5.71. The van der Waals surface area contributed by atoms with E-state index >= 15 is 0 Å². The zero-order valence-corrected chi connectivity index (χ0v) is 11.9. The summed E-state index contributed by atoms with van der Waals surface area (Å²) in [5.74, 6) is 0.879. The van der Waals surface area contributed by atoms with Gasteiger partial charge in [-0.1, -0.05) is 13.2 Å². The molecule has 0 aliphatic carbocycles. The van der Waals surface area contributed by atoms with E-state index in [0.717, 1.165) is 49.0 Å². The van der Waals surface area contributed by atoms with Crippen LogP contribution in [0, 0.1) is 0 Å². The van der Waals surface area contributed by atoms with Gasteiger partial charge in [-0.2, -0.15) is 0 Å². The summed E-state index contributed by atoms with van der Waals surface area (Å²) < 4.78 is 11.2. The lowest BCUT2D eigenvalue weighted by Crippen LogP contribution is -2.36. The molecule has 4 nitrogen and oxygen atoms in total. The van der Waals surface area contributed by atoms with Crippen molar-refractivity contribution in [2.24, 2.45) is 0 Å². The molecule has 2 heterocycles. The molecule has 0 N–H and O–H groups in total. The van der Waals surface area contributed by atoms with E-state index in [9.17, 15) is 0 Å². The van der Waals surface area contributed by atoms with Crippen molar-refractivity contribution in [1.82, 2.24) is 0 Å². The second-order valence-electron chi connectivity index (χ2n) is 5.15. The average Bonchev–Trinajstić information content (AvgIpc) is 2.61. The van der Waals surface area contributed by atoms with Crippen molar-refractivity contribution >= 4 is 11.4 Å². The van der Waals surface area contributed by atoms with Crippen LogP contribution in [0.4, 0.5) is 11.4 Å². The Morgan fingerprint density at radius 2 is 1.90 bits per heavy atom. The lowest BCUT2D eigenvalue weighted by molar-refractivity contribution is 0.122. The molecule has 0 radical (unpaired) electrons. The fourth-order valence-electron chi connectivity index (χ4n) is 2.54. The maximum Gasteiger partial charge on any atom is 0.143 e. The van der Waals surface area contributed by atoms with E-state index in [-0.39, 0.29) is 0 Å². The monoisotopic (exact) mass is 272 g/mol. The zero-order valence-electron chi connectivity index (χ0n) is 11.9. The minimum Gasteiger partial charge on any atom is -0.487 e. The highest BCUT2D eigenvalue weighted by Gasteiger charge is 2.20. The van der Waals surface area contributed by atoms with Gasteiger partial charge < -0.3 is 19.3 Å². The summed E-state index contributed by atoms with van der Waals surface area (Å²) in [5, 5.41) is 0. The molecule has 106 valence electrons. The van der Waals surface area contributed by atoms with Gasteiger partial charge in [0.15, 0.2) is 0 Å². The Morgan fingerprint density at radius 1 is 1.15 bits per heavy atom. The maximum atomic E-state index is 5.80. The van der Waals surface area contributed by atoms with Crippen LogP contribution in [-0.4, -0.2) is 40.0 Å².